The second-order valence-electron chi connectivity index (χ2n) is 3.13. The molecule has 0 saturated heterocycles. The quantitative estimate of drug-likeness (QED) is 0.455. The van der Waals surface area contributed by atoms with E-state index in [1.165, 1.54) is 5.57 Å². The molecule has 2 heteroatoms. The molecule has 0 aromatic carbocycles. The average molecular weight is 166 g/mol. The maximum absolute atomic E-state index is 4.24. The Kier molecular flexibility index (Phi) is 5.26. The molecule has 0 amide bonds. The molecule has 0 heterocycles. The second kappa shape index (κ2) is 5.70. The Bertz CT molecular complexity index is 200. The lowest BCUT2D eigenvalue weighted by Gasteiger charge is -2.01. The van der Waals surface area contributed by atoms with Crippen molar-refractivity contribution in [2.45, 2.75) is 34.1 Å². The van der Waals surface area contributed by atoms with Crippen LogP contribution in [0.3, 0.4) is 0 Å². The summed E-state index contributed by atoms with van der Waals surface area (Å²) in [4.78, 5) is 8.09. The highest BCUT2D eigenvalue weighted by Crippen LogP contribution is 2.02. The number of nitrogens with zero attached hydrogens (tertiary/aromatic N) is 2. The van der Waals surface area contributed by atoms with E-state index in [-0.39, 0.29) is 0 Å². The molecule has 0 aromatic rings. The molecule has 0 rings (SSSR count). The van der Waals surface area contributed by atoms with Crippen LogP contribution in [0.15, 0.2) is 21.8 Å². The highest BCUT2D eigenvalue weighted by atomic mass is 14.9. The number of hydrogen-bond acceptors (Lipinski definition) is 1. The summed E-state index contributed by atoms with van der Waals surface area (Å²) in [7, 11) is 0. The van der Waals surface area contributed by atoms with Gasteiger partial charge in [-0.3, -0.25) is 0 Å². The first-order valence-electron chi connectivity index (χ1n) is 4.31. The third-order valence-corrected chi connectivity index (χ3v) is 1.65. The van der Waals surface area contributed by atoms with Crippen LogP contribution in [-0.4, -0.2) is 12.6 Å². The fourth-order valence-electron chi connectivity index (χ4n) is 0.640. The summed E-state index contributed by atoms with van der Waals surface area (Å²) < 4.78 is 0. The maximum atomic E-state index is 4.24. The van der Waals surface area contributed by atoms with E-state index in [2.05, 4.69) is 44.4 Å². The molecule has 0 unspecified atom stereocenters. The number of hydrogen-bond donors (Lipinski definition) is 0. The molecule has 0 spiro atoms. The van der Waals surface area contributed by atoms with E-state index in [0.717, 1.165) is 12.3 Å². The molecular weight excluding hydrogens is 148 g/mol. The number of rotatable bonds is 3. The fraction of sp³-hybridized carbons (Fsp3) is 0.600. The molecule has 68 valence electrons. The van der Waals surface area contributed by atoms with E-state index in [1.54, 1.807) is 0 Å². The van der Waals surface area contributed by atoms with Crippen LogP contribution >= 0.6 is 0 Å². The summed E-state index contributed by atoms with van der Waals surface area (Å²) in [5.41, 5.74) is 1.26. The second-order valence-corrected chi connectivity index (χ2v) is 3.13. The lowest BCUT2D eigenvalue weighted by Crippen LogP contribution is -2.02. The Hall–Kier alpha value is -0.920. The van der Waals surface area contributed by atoms with Gasteiger partial charge in [-0.1, -0.05) is 26.3 Å². The summed E-state index contributed by atoms with van der Waals surface area (Å²) in [6.45, 7) is 11.8. The topological polar surface area (TPSA) is 24.7 Å². The van der Waals surface area contributed by atoms with Crippen LogP contribution in [0.1, 0.15) is 34.1 Å². The first kappa shape index (κ1) is 11.1. The standard InChI is InChI=1S/C10H18N2/c1-6-9(4)7-12-10(11-5)8(2)3/h7-8H,5-6H2,1-4H3/b9-7+,12-10-. The van der Waals surface area contributed by atoms with Gasteiger partial charge in [-0.25, -0.2) is 9.98 Å². The SMILES string of the molecule is C=N/C(=N\C=C(/C)CC)C(C)C. The van der Waals surface area contributed by atoms with Crippen molar-refractivity contribution < 1.29 is 0 Å². The normalized spacial score (nSPS) is 13.8. The van der Waals surface area contributed by atoms with Crippen molar-refractivity contribution in [1.29, 1.82) is 0 Å². The van der Waals surface area contributed by atoms with Crippen molar-refractivity contribution in [2.75, 3.05) is 0 Å². The molecule has 0 N–H and O–H groups in total. The predicted molar refractivity (Wildman–Crippen MR) is 55.9 cm³/mol. The smallest absolute Gasteiger partial charge is 0.129 e. The van der Waals surface area contributed by atoms with Crippen LogP contribution in [0.25, 0.3) is 0 Å². The minimum atomic E-state index is 0.350. The third-order valence-electron chi connectivity index (χ3n) is 1.65. The zero-order chi connectivity index (χ0) is 9.56. The van der Waals surface area contributed by atoms with Crippen LogP contribution in [0.4, 0.5) is 0 Å². The lowest BCUT2D eigenvalue weighted by atomic mass is 10.2. The molecule has 0 fully saturated rings. The zero-order valence-corrected chi connectivity index (χ0v) is 8.46. The summed E-state index contributed by atoms with van der Waals surface area (Å²) in [5, 5.41) is 0. The monoisotopic (exact) mass is 166 g/mol. The van der Waals surface area contributed by atoms with Crippen LogP contribution in [0, 0.1) is 5.92 Å². The maximum Gasteiger partial charge on any atom is 0.129 e. The summed E-state index contributed by atoms with van der Waals surface area (Å²) in [6.07, 6.45) is 2.90. The molecule has 0 aliphatic carbocycles. The Labute approximate surface area is 75.1 Å². The molecule has 0 aliphatic rings. The molecule has 0 bridgehead atoms. The third kappa shape index (κ3) is 4.06. The van der Waals surface area contributed by atoms with Crippen LogP contribution in [0.5, 0.6) is 0 Å². The minimum Gasteiger partial charge on any atom is -0.249 e. The zero-order valence-electron chi connectivity index (χ0n) is 8.46. The van der Waals surface area contributed by atoms with E-state index < -0.39 is 0 Å². The Morgan fingerprint density at radius 1 is 1.50 bits per heavy atom. The Balaban J connectivity index is 4.40. The van der Waals surface area contributed by atoms with Gasteiger partial charge in [0.05, 0.1) is 0 Å². The van der Waals surface area contributed by atoms with E-state index in [1.807, 2.05) is 6.20 Å². The first-order chi connectivity index (χ1) is 5.61. The van der Waals surface area contributed by atoms with Gasteiger partial charge in [0.25, 0.3) is 0 Å². The largest absolute Gasteiger partial charge is 0.249 e. The van der Waals surface area contributed by atoms with Gasteiger partial charge < -0.3 is 0 Å². The van der Waals surface area contributed by atoms with Gasteiger partial charge in [0, 0.05) is 12.1 Å². The highest BCUT2D eigenvalue weighted by molar-refractivity contribution is 5.88. The van der Waals surface area contributed by atoms with Crippen LogP contribution in [0.2, 0.25) is 0 Å². The number of aliphatic imine (C=N–C) groups is 2. The minimum absolute atomic E-state index is 0.350. The van der Waals surface area contributed by atoms with Crippen molar-refractivity contribution in [3.05, 3.63) is 11.8 Å². The van der Waals surface area contributed by atoms with Crippen molar-refractivity contribution in [1.82, 2.24) is 0 Å². The van der Waals surface area contributed by atoms with Crippen LogP contribution in [-0.2, 0) is 0 Å². The Morgan fingerprint density at radius 2 is 2.08 bits per heavy atom. The van der Waals surface area contributed by atoms with Crippen molar-refractivity contribution in [2.24, 2.45) is 15.9 Å². The molecule has 2 nitrogen and oxygen atoms in total. The van der Waals surface area contributed by atoms with E-state index in [9.17, 15) is 0 Å². The van der Waals surface area contributed by atoms with Gasteiger partial charge in [0.1, 0.15) is 5.84 Å². The molecule has 0 aromatic heterocycles. The van der Waals surface area contributed by atoms with Gasteiger partial charge in [-0.15, -0.1) is 0 Å². The highest BCUT2D eigenvalue weighted by Gasteiger charge is 1.99. The number of allylic oxidation sites excluding steroid dienone is 1. The van der Waals surface area contributed by atoms with Gasteiger partial charge in [0.2, 0.25) is 0 Å². The average Bonchev–Trinajstić information content (AvgIpc) is 2.04. The molecule has 0 atom stereocenters. The van der Waals surface area contributed by atoms with E-state index in [0.29, 0.717) is 5.92 Å². The molecule has 0 radical (unpaired) electrons. The van der Waals surface area contributed by atoms with E-state index in [4.69, 9.17) is 0 Å². The summed E-state index contributed by atoms with van der Waals surface area (Å²) in [5.74, 6) is 1.16. The summed E-state index contributed by atoms with van der Waals surface area (Å²) in [6, 6.07) is 0. The summed E-state index contributed by atoms with van der Waals surface area (Å²) >= 11 is 0. The molecule has 12 heavy (non-hydrogen) atoms. The predicted octanol–water partition coefficient (Wildman–Crippen LogP) is 3.06. The lowest BCUT2D eigenvalue weighted by molar-refractivity contribution is 0.872. The van der Waals surface area contributed by atoms with Crippen LogP contribution < -0.4 is 0 Å². The fourth-order valence-corrected chi connectivity index (χ4v) is 0.640. The van der Waals surface area contributed by atoms with Gasteiger partial charge >= 0.3 is 0 Å². The molecule has 0 saturated carbocycles. The number of amidine groups is 1. The first-order valence-corrected chi connectivity index (χ1v) is 4.31. The van der Waals surface area contributed by atoms with Crippen molar-refractivity contribution in [3.8, 4) is 0 Å². The van der Waals surface area contributed by atoms with Crippen molar-refractivity contribution >= 4 is 12.6 Å². The van der Waals surface area contributed by atoms with Gasteiger partial charge in [-0.05, 0) is 20.1 Å². The van der Waals surface area contributed by atoms with Crippen molar-refractivity contribution in [3.63, 3.8) is 0 Å². The van der Waals surface area contributed by atoms with Gasteiger partial charge in [0.15, 0.2) is 0 Å². The van der Waals surface area contributed by atoms with E-state index >= 15 is 0 Å². The molecular formula is C10H18N2. The molecule has 0 aliphatic heterocycles. The van der Waals surface area contributed by atoms with Gasteiger partial charge in [-0.2, -0.15) is 0 Å². The Morgan fingerprint density at radius 3 is 2.42 bits per heavy atom.